The number of carbonyl (C=O) groups excluding carboxylic acids is 1. The SMILES string of the molecule is COC(=O)[C@@H]1OCC[C@@H]1c1ccccc1. The Bertz CT molecular complexity index is 334. The third-order valence-electron chi connectivity index (χ3n) is 2.75. The normalized spacial score (nSPS) is 25.1. The highest BCUT2D eigenvalue weighted by Gasteiger charge is 2.35. The molecular formula is C12H14O3. The molecule has 0 saturated carbocycles. The molecule has 0 spiro atoms. The number of rotatable bonds is 2. The second-order valence-electron chi connectivity index (χ2n) is 3.62. The van der Waals surface area contributed by atoms with E-state index in [-0.39, 0.29) is 11.9 Å². The fraction of sp³-hybridized carbons (Fsp3) is 0.417. The van der Waals surface area contributed by atoms with Crippen molar-refractivity contribution in [3.8, 4) is 0 Å². The van der Waals surface area contributed by atoms with Gasteiger partial charge in [0.1, 0.15) is 0 Å². The summed E-state index contributed by atoms with van der Waals surface area (Å²) in [5.74, 6) is -0.139. The topological polar surface area (TPSA) is 35.5 Å². The van der Waals surface area contributed by atoms with Crippen molar-refractivity contribution in [2.24, 2.45) is 0 Å². The largest absolute Gasteiger partial charge is 0.467 e. The summed E-state index contributed by atoms with van der Waals surface area (Å²) in [4.78, 5) is 11.5. The van der Waals surface area contributed by atoms with Crippen molar-refractivity contribution < 1.29 is 14.3 Å². The zero-order valence-corrected chi connectivity index (χ0v) is 8.68. The Hall–Kier alpha value is -1.35. The third kappa shape index (κ3) is 2.02. The number of hydrogen-bond donors (Lipinski definition) is 0. The first-order valence-corrected chi connectivity index (χ1v) is 5.07. The predicted molar refractivity (Wildman–Crippen MR) is 55.6 cm³/mol. The zero-order chi connectivity index (χ0) is 10.7. The van der Waals surface area contributed by atoms with Gasteiger partial charge >= 0.3 is 5.97 Å². The van der Waals surface area contributed by atoms with Gasteiger partial charge in [0, 0.05) is 12.5 Å². The summed E-state index contributed by atoms with van der Waals surface area (Å²) in [5, 5.41) is 0. The summed E-state index contributed by atoms with van der Waals surface area (Å²) in [6.45, 7) is 0.624. The van der Waals surface area contributed by atoms with E-state index in [0.29, 0.717) is 6.61 Å². The van der Waals surface area contributed by atoms with Gasteiger partial charge in [0.15, 0.2) is 6.10 Å². The van der Waals surface area contributed by atoms with E-state index in [1.165, 1.54) is 7.11 Å². The standard InChI is InChI=1S/C12H14O3/c1-14-12(13)11-10(7-8-15-11)9-5-3-2-4-6-9/h2-6,10-11H,7-8H2,1H3/t10-,11-/m1/s1. The van der Waals surface area contributed by atoms with Crippen LogP contribution in [0, 0.1) is 0 Å². The summed E-state index contributed by atoms with van der Waals surface area (Å²) >= 11 is 0. The molecule has 3 heteroatoms. The Kier molecular flexibility index (Phi) is 3.02. The van der Waals surface area contributed by atoms with E-state index in [2.05, 4.69) is 0 Å². The van der Waals surface area contributed by atoms with Crippen LogP contribution in [0.5, 0.6) is 0 Å². The highest BCUT2D eigenvalue weighted by atomic mass is 16.6. The number of carbonyl (C=O) groups is 1. The van der Waals surface area contributed by atoms with Crippen molar-refractivity contribution in [1.29, 1.82) is 0 Å². The Morgan fingerprint density at radius 1 is 1.40 bits per heavy atom. The van der Waals surface area contributed by atoms with Crippen LogP contribution in [0.1, 0.15) is 17.9 Å². The van der Waals surface area contributed by atoms with Gasteiger partial charge in [0.2, 0.25) is 0 Å². The first kappa shape index (κ1) is 10.2. The molecule has 2 rings (SSSR count). The van der Waals surface area contributed by atoms with Gasteiger partial charge in [-0.05, 0) is 12.0 Å². The highest BCUT2D eigenvalue weighted by Crippen LogP contribution is 2.31. The Balaban J connectivity index is 2.18. The summed E-state index contributed by atoms with van der Waals surface area (Å²) in [7, 11) is 1.39. The number of esters is 1. The first-order valence-electron chi connectivity index (χ1n) is 5.07. The lowest BCUT2D eigenvalue weighted by Crippen LogP contribution is -2.26. The molecule has 0 N–H and O–H groups in total. The first-order chi connectivity index (χ1) is 7.33. The molecule has 3 nitrogen and oxygen atoms in total. The molecule has 1 fully saturated rings. The summed E-state index contributed by atoms with van der Waals surface area (Å²) < 4.78 is 10.1. The molecule has 1 aliphatic heterocycles. The second kappa shape index (κ2) is 4.45. The molecular weight excluding hydrogens is 192 g/mol. The van der Waals surface area contributed by atoms with Crippen LogP contribution in [-0.2, 0) is 14.3 Å². The Morgan fingerprint density at radius 3 is 2.80 bits per heavy atom. The Morgan fingerprint density at radius 2 is 2.13 bits per heavy atom. The van der Waals surface area contributed by atoms with Crippen LogP contribution in [0.25, 0.3) is 0 Å². The lowest BCUT2D eigenvalue weighted by Gasteiger charge is -2.16. The molecule has 1 aromatic carbocycles. The van der Waals surface area contributed by atoms with Crippen molar-refractivity contribution in [1.82, 2.24) is 0 Å². The second-order valence-corrected chi connectivity index (χ2v) is 3.62. The number of hydrogen-bond acceptors (Lipinski definition) is 3. The van der Waals surface area contributed by atoms with Crippen LogP contribution >= 0.6 is 0 Å². The molecule has 1 aromatic rings. The van der Waals surface area contributed by atoms with E-state index < -0.39 is 6.10 Å². The van der Waals surface area contributed by atoms with Gasteiger partial charge in [0.05, 0.1) is 7.11 Å². The van der Waals surface area contributed by atoms with Gasteiger partial charge in [0.25, 0.3) is 0 Å². The average Bonchev–Trinajstić information content (AvgIpc) is 2.78. The monoisotopic (exact) mass is 206 g/mol. The van der Waals surface area contributed by atoms with Gasteiger partial charge in [-0.25, -0.2) is 4.79 Å². The molecule has 0 amide bonds. The van der Waals surface area contributed by atoms with Crippen molar-refractivity contribution in [2.45, 2.75) is 18.4 Å². The van der Waals surface area contributed by atoms with Gasteiger partial charge in [-0.3, -0.25) is 0 Å². The summed E-state index contributed by atoms with van der Waals surface area (Å²) in [5.41, 5.74) is 1.14. The van der Waals surface area contributed by atoms with E-state index in [0.717, 1.165) is 12.0 Å². The van der Waals surface area contributed by atoms with E-state index in [1.54, 1.807) is 0 Å². The van der Waals surface area contributed by atoms with Crippen molar-refractivity contribution in [2.75, 3.05) is 13.7 Å². The zero-order valence-electron chi connectivity index (χ0n) is 8.68. The molecule has 80 valence electrons. The van der Waals surface area contributed by atoms with Crippen molar-refractivity contribution in [3.63, 3.8) is 0 Å². The molecule has 0 radical (unpaired) electrons. The van der Waals surface area contributed by atoms with Crippen LogP contribution in [0.4, 0.5) is 0 Å². The average molecular weight is 206 g/mol. The summed E-state index contributed by atoms with van der Waals surface area (Å²) in [6, 6.07) is 9.96. The molecule has 0 aliphatic carbocycles. The molecule has 15 heavy (non-hydrogen) atoms. The van der Waals surface area contributed by atoms with Crippen LogP contribution < -0.4 is 0 Å². The lowest BCUT2D eigenvalue weighted by atomic mass is 9.93. The fourth-order valence-electron chi connectivity index (χ4n) is 1.98. The number of methoxy groups -OCH3 is 1. The quantitative estimate of drug-likeness (QED) is 0.691. The maximum absolute atomic E-state index is 11.5. The van der Waals surface area contributed by atoms with E-state index >= 15 is 0 Å². The third-order valence-corrected chi connectivity index (χ3v) is 2.75. The molecule has 0 aromatic heterocycles. The minimum Gasteiger partial charge on any atom is -0.467 e. The van der Waals surface area contributed by atoms with Gasteiger partial charge in [-0.15, -0.1) is 0 Å². The molecule has 0 unspecified atom stereocenters. The van der Waals surface area contributed by atoms with E-state index in [4.69, 9.17) is 9.47 Å². The number of ether oxygens (including phenoxy) is 2. The molecule has 0 bridgehead atoms. The van der Waals surface area contributed by atoms with Crippen LogP contribution in [0.2, 0.25) is 0 Å². The van der Waals surface area contributed by atoms with Crippen LogP contribution in [0.3, 0.4) is 0 Å². The van der Waals surface area contributed by atoms with Gasteiger partial charge in [-0.2, -0.15) is 0 Å². The highest BCUT2D eigenvalue weighted by molar-refractivity contribution is 5.76. The lowest BCUT2D eigenvalue weighted by molar-refractivity contribution is -0.151. The van der Waals surface area contributed by atoms with Gasteiger partial charge < -0.3 is 9.47 Å². The number of benzene rings is 1. The molecule has 1 heterocycles. The summed E-state index contributed by atoms with van der Waals surface area (Å²) in [6.07, 6.45) is 0.446. The van der Waals surface area contributed by atoms with E-state index in [9.17, 15) is 4.79 Å². The fourth-order valence-corrected chi connectivity index (χ4v) is 1.98. The molecule has 1 aliphatic rings. The van der Waals surface area contributed by atoms with E-state index in [1.807, 2.05) is 30.3 Å². The van der Waals surface area contributed by atoms with Crippen LogP contribution in [0.15, 0.2) is 30.3 Å². The van der Waals surface area contributed by atoms with Crippen molar-refractivity contribution in [3.05, 3.63) is 35.9 Å². The smallest absolute Gasteiger partial charge is 0.335 e. The molecule has 2 atom stereocenters. The molecule has 1 saturated heterocycles. The predicted octanol–water partition coefficient (Wildman–Crippen LogP) is 1.73. The minimum absolute atomic E-state index is 0.138. The van der Waals surface area contributed by atoms with Crippen molar-refractivity contribution >= 4 is 5.97 Å². The van der Waals surface area contributed by atoms with Gasteiger partial charge in [-0.1, -0.05) is 30.3 Å². The Labute approximate surface area is 89.0 Å². The minimum atomic E-state index is -0.433. The maximum atomic E-state index is 11.5. The maximum Gasteiger partial charge on any atom is 0.335 e. The van der Waals surface area contributed by atoms with Crippen LogP contribution in [-0.4, -0.2) is 25.8 Å².